The molecular formula is C11H18N4. The molecule has 1 aliphatic heterocycles. The molecule has 0 aliphatic carbocycles. The number of nitrogens with two attached hydrogens (primary N) is 1. The minimum atomic E-state index is 0.728. The maximum atomic E-state index is 5.34. The van der Waals surface area contributed by atoms with Gasteiger partial charge in [-0.25, -0.2) is 10.8 Å². The molecule has 1 aliphatic rings. The minimum Gasteiger partial charge on any atom is -0.356 e. The zero-order valence-corrected chi connectivity index (χ0v) is 9.11. The Kier molecular flexibility index (Phi) is 3.06. The van der Waals surface area contributed by atoms with Gasteiger partial charge in [0.25, 0.3) is 0 Å². The molecule has 15 heavy (non-hydrogen) atoms. The molecular weight excluding hydrogens is 188 g/mol. The van der Waals surface area contributed by atoms with Gasteiger partial charge in [0.2, 0.25) is 0 Å². The lowest BCUT2D eigenvalue weighted by Gasteiger charge is -2.31. The highest BCUT2D eigenvalue weighted by Gasteiger charge is 2.17. The van der Waals surface area contributed by atoms with Crippen molar-refractivity contribution in [3.05, 3.63) is 18.2 Å². The first-order valence-electron chi connectivity index (χ1n) is 5.48. The second-order valence-electron chi connectivity index (χ2n) is 4.22. The fourth-order valence-corrected chi connectivity index (χ4v) is 2.08. The molecule has 1 aromatic rings. The van der Waals surface area contributed by atoms with E-state index in [1.54, 1.807) is 0 Å². The Labute approximate surface area is 90.5 Å². The third-order valence-electron chi connectivity index (χ3n) is 2.86. The third kappa shape index (κ3) is 2.39. The first-order valence-corrected chi connectivity index (χ1v) is 5.48. The zero-order valence-electron chi connectivity index (χ0n) is 9.11. The van der Waals surface area contributed by atoms with E-state index in [0.29, 0.717) is 0 Å². The molecule has 4 nitrogen and oxygen atoms in total. The van der Waals surface area contributed by atoms with Crippen LogP contribution >= 0.6 is 0 Å². The second kappa shape index (κ2) is 4.49. The molecule has 82 valence electrons. The Bertz CT molecular complexity index is 326. The van der Waals surface area contributed by atoms with Crippen LogP contribution in [0.25, 0.3) is 0 Å². The second-order valence-corrected chi connectivity index (χ2v) is 4.22. The molecule has 0 radical (unpaired) electrons. The van der Waals surface area contributed by atoms with Crippen LogP contribution in [-0.4, -0.2) is 18.1 Å². The van der Waals surface area contributed by atoms with E-state index < -0.39 is 0 Å². The molecule has 0 amide bonds. The van der Waals surface area contributed by atoms with Crippen molar-refractivity contribution < 1.29 is 0 Å². The van der Waals surface area contributed by atoms with E-state index in [2.05, 4.69) is 22.2 Å². The number of aromatic nitrogens is 1. The SMILES string of the molecule is CC1CCCN(c2cccc(NN)n2)C1. The summed E-state index contributed by atoms with van der Waals surface area (Å²) in [5.41, 5.74) is 2.58. The van der Waals surface area contributed by atoms with Crippen molar-refractivity contribution in [2.24, 2.45) is 11.8 Å². The summed E-state index contributed by atoms with van der Waals surface area (Å²) in [5.74, 6) is 7.86. The average Bonchev–Trinajstić information content (AvgIpc) is 2.29. The van der Waals surface area contributed by atoms with Crippen molar-refractivity contribution in [2.75, 3.05) is 23.4 Å². The summed E-state index contributed by atoms with van der Waals surface area (Å²) >= 11 is 0. The quantitative estimate of drug-likeness (QED) is 0.570. The van der Waals surface area contributed by atoms with Crippen molar-refractivity contribution in [3.63, 3.8) is 0 Å². The lowest BCUT2D eigenvalue weighted by atomic mass is 10.0. The van der Waals surface area contributed by atoms with Crippen molar-refractivity contribution >= 4 is 11.6 Å². The summed E-state index contributed by atoms with van der Waals surface area (Å²) in [5, 5.41) is 0. The van der Waals surface area contributed by atoms with Crippen molar-refractivity contribution in [2.45, 2.75) is 19.8 Å². The topological polar surface area (TPSA) is 54.2 Å². The van der Waals surface area contributed by atoms with Crippen LogP contribution in [0.5, 0.6) is 0 Å². The monoisotopic (exact) mass is 206 g/mol. The summed E-state index contributed by atoms with van der Waals surface area (Å²) < 4.78 is 0. The fraction of sp³-hybridized carbons (Fsp3) is 0.545. The molecule has 1 unspecified atom stereocenters. The Hall–Kier alpha value is -1.29. The van der Waals surface area contributed by atoms with Gasteiger partial charge in [0.05, 0.1) is 0 Å². The van der Waals surface area contributed by atoms with Gasteiger partial charge in [0.15, 0.2) is 0 Å². The molecule has 0 bridgehead atoms. The van der Waals surface area contributed by atoms with Crippen LogP contribution in [0.2, 0.25) is 0 Å². The maximum absolute atomic E-state index is 5.34. The summed E-state index contributed by atoms with van der Waals surface area (Å²) in [6.07, 6.45) is 2.58. The Morgan fingerprint density at radius 2 is 2.40 bits per heavy atom. The first kappa shape index (κ1) is 10.2. The summed E-state index contributed by atoms with van der Waals surface area (Å²) in [4.78, 5) is 6.77. The molecule has 0 saturated carbocycles. The molecule has 2 rings (SSSR count). The molecule has 1 atom stereocenters. The van der Waals surface area contributed by atoms with Crippen LogP contribution in [0, 0.1) is 5.92 Å². The van der Waals surface area contributed by atoms with Gasteiger partial charge in [-0.05, 0) is 30.9 Å². The lowest BCUT2D eigenvalue weighted by Crippen LogP contribution is -2.34. The largest absolute Gasteiger partial charge is 0.356 e. The summed E-state index contributed by atoms with van der Waals surface area (Å²) in [6, 6.07) is 5.90. The maximum Gasteiger partial charge on any atom is 0.142 e. The number of hydrogen-bond acceptors (Lipinski definition) is 4. The van der Waals surface area contributed by atoms with Crippen LogP contribution in [-0.2, 0) is 0 Å². The number of rotatable bonds is 2. The number of anilines is 2. The van der Waals surface area contributed by atoms with Crippen molar-refractivity contribution in [1.82, 2.24) is 4.98 Å². The Morgan fingerprint density at radius 3 is 3.13 bits per heavy atom. The average molecular weight is 206 g/mol. The highest BCUT2D eigenvalue weighted by Crippen LogP contribution is 2.21. The molecule has 3 N–H and O–H groups in total. The number of nitrogen functional groups attached to an aromatic ring is 1. The molecule has 0 spiro atoms. The van der Waals surface area contributed by atoms with Gasteiger partial charge in [0, 0.05) is 13.1 Å². The number of nitrogens with one attached hydrogen (secondary N) is 1. The standard InChI is InChI=1S/C11H18N4/c1-9-4-3-7-15(8-9)11-6-2-5-10(13-11)14-12/h2,5-6,9H,3-4,7-8,12H2,1H3,(H,13,14). The van der Waals surface area contributed by atoms with Crippen LogP contribution in [0.3, 0.4) is 0 Å². The fourth-order valence-electron chi connectivity index (χ4n) is 2.08. The molecule has 1 saturated heterocycles. The summed E-state index contributed by atoms with van der Waals surface area (Å²) in [7, 11) is 0. The smallest absolute Gasteiger partial charge is 0.142 e. The van der Waals surface area contributed by atoms with E-state index in [0.717, 1.165) is 30.6 Å². The van der Waals surface area contributed by atoms with Gasteiger partial charge < -0.3 is 10.3 Å². The van der Waals surface area contributed by atoms with Gasteiger partial charge in [-0.15, -0.1) is 0 Å². The number of hydrazine groups is 1. The van der Waals surface area contributed by atoms with E-state index in [1.807, 2.05) is 18.2 Å². The number of hydrogen-bond donors (Lipinski definition) is 2. The molecule has 0 aromatic carbocycles. The predicted molar refractivity (Wildman–Crippen MR) is 62.7 cm³/mol. The zero-order chi connectivity index (χ0) is 10.7. The van der Waals surface area contributed by atoms with Gasteiger partial charge in [-0.1, -0.05) is 13.0 Å². The molecule has 4 heteroatoms. The molecule has 2 heterocycles. The first-order chi connectivity index (χ1) is 7.29. The van der Waals surface area contributed by atoms with E-state index >= 15 is 0 Å². The highest BCUT2D eigenvalue weighted by atomic mass is 15.3. The third-order valence-corrected chi connectivity index (χ3v) is 2.86. The van der Waals surface area contributed by atoms with E-state index in [-0.39, 0.29) is 0 Å². The van der Waals surface area contributed by atoms with E-state index in [4.69, 9.17) is 5.84 Å². The normalized spacial score (nSPS) is 21.5. The molecule has 1 fully saturated rings. The van der Waals surface area contributed by atoms with Gasteiger partial charge in [-0.2, -0.15) is 0 Å². The van der Waals surface area contributed by atoms with Crippen LogP contribution in [0.1, 0.15) is 19.8 Å². The van der Waals surface area contributed by atoms with Crippen molar-refractivity contribution in [3.8, 4) is 0 Å². The van der Waals surface area contributed by atoms with Crippen molar-refractivity contribution in [1.29, 1.82) is 0 Å². The van der Waals surface area contributed by atoms with Crippen LogP contribution in [0.4, 0.5) is 11.6 Å². The van der Waals surface area contributed by atoms with Gasteiger partial charge in [0.1, 0.15) is 11.6 Å². The highest BCUT2D eigenvalue weighted by molar-refractivity contribution is 5.46. The Morgan fingerprint density at radius 1 is 1.53 bits per heavy atom. The number of pyridine rings is 1. The predicted octanol–water partition coefficient (Wildman–Crippen LogP) is 1.60. The minimum absolute atomic E-state index is 0.728. The molecule has 1 aromatic heterocycles. The number of nitrogens with zero attached hydrogens (tertiary/aromatic N) is 2. The summed E-state index contributed by atoms with van der Waals surface area (Å²) in [6.45, 7) is 4.49. The van der Waals surface area contributed by atoms with Gasteiger partial charge >= 0.3 is 0 Å². The van der Waals surface area contributed by atoms with E-state index in [1.165, 1.54) is 12.8 Å². The Balaban J connectivity index is 2.13. The van der Waals surface area contributed by atoms with Crippen LogP contribution in [0.15, 0.2) is 18.2 Å². The number of piperidine rings is 1. The van der Waals surface area contributed by atoms with Crippen LogP contribution < -0.4 is 16.2 Å². The lowest BCUT2D eigenvalue weighted by molar-refractivity contribution is 0.444. The van der Waals surface area contributed by atoms with Gasteiger partial charge in [-0.3, -0.25) is 0 Å². The van der Waals surface area contributed by atoms with E-state index in [9.17, 15) is 0 Å².